The Morgan fingerprint density at radius 1 is 1.26 bits per heavy atom. The van der Waals surface area contributed by atoms with Crippen LogP contribution < -0.4 is 0 Å². The fraction of sp³-hybridized carbons (Fsp3) is 0.741. The van der Waals surface area contributed by atoms with Crippen LogP contribution in [-0.2, 0) is 23.9 Å². The van der Waals surface area contributed by atoms with E-state index < -0.39 is 41.1 Å². The lowest BCUT2D eigenvalue weighted by Gasteiger charge is -2.39. The van der Waals surface area contributed by atoms with Gasteiger partial charge >= 0.3 is 5.97 Å². The molecule has 1 spiro atoms. The van der Waals surface area contributed by atoms with Crippen LogP contribution in [0.15, 0.2) is 25.3 Å². The Morgan fingerprint density at radius 3 is 2.57 bits per heavy atom. The highest BCUT2D eigenvalue weighted by Gasteiger charge is 2.79. The summed E-state index contributed by atoms with van der Waals surface area (Å²) in [4.78, 5) is 44.8. The van der Waals surface area contributed by atoms with Gasteiger partial charge in [-0.15, -0.1) is 6.58 Å². The number of rotatable bonds is 14. The lowest BCUT2D eigenvalue weighted by Crippen LogP contribution is -2.59. The number of nitrogens with zero attached hydrogens (tertiary/aromatic N) is 2. The molecular formula is C27H42N2O6. The van der Waals surface area contributed by atoms with Crippen molar-refractivity contribution in [2.75, 3.05) is 26.3 Å². The van der Waals surface area contributed by atoms with Gasteiger partial charge in [0.25, 0.3) is 0 Å². The molecule has 6 atom stereocenters. The van der Waals surface area contributed by atoms with Gasteiger partial charge in [0, 0.05) is 13.1 Å². The lowest BCUT2D eigenvalue weighted by atomic mass is 9.65. The molecule has 0 aromatic rings. The lowest BCUT2D eigenvalue weighted by molar-refractivity contribution is -0.163. The van der Waals surface area contributed by atoms with Gasteiger partial charge in [-0.2, -0.15) is 0 Å². The maximum Gasteiger partial charge on any atom is 0.313 e. The van der Waals surface area contributed by atoms with E-state index in [0.29, 0.717) is 38.8 Å². The van der Waals surface area contributed by atoms with Crippen molar-refractivity contribution in [2.45, 2.75) is 89.0 Å². The first-order valence-electron chi connectivity index (χ1n) is 13.1. The fourth-order valence-electron chi connectivity index (χ4n) is 6.50. The molecule has 0 radical (unpaired) electrons. The second-order valence-electron chi connectivity index (χ2n) is 10.0. The van der Waals surface area contributed by atoms with Gasteiger partial charge in [0.1, 0.15) is 24.2 Å². The molecule has 3 saturated heterocycles. The van der Waals surface area contributed by atoms with Crippen molar-refractivity contribution < 1.29 is 29.0 Å². The largest absolute Gasteiger partial charge is 0.461 e. The van der Waals surface area contributed by atoms with Crippen LogP contribution in [0.1, 0.15) is 65.7 Å². The summed E-state index contributed by atoms with van der Waals surface area (Å²) in [6.07, 6.45) is 8.16. The van der Waals surface area contributed by atoms with Crippen molar-refractivity contribution in [3.05, 3.63) is 25.3 Å². The first-order valence-corrected chi connectivity index (χ1v) is 13.1. The number of fused-ring (bicyclic) bond motifs is 1. The topological polar surface area (TPSA) is 96.4 Å². The first kappa shape index (κ1) is 27.4. The molecule has 2 unspecified atom stereocenters. The third-order valence-corrected chi connectivity index (χ3v) is 8.22. The van der Waals surface area contributed by atoms with E-state index in [1.807, 2.05) is 13.8 Å². The average molecular weight is 491 g/mol. The van der Waals surface area contributed by atoms with Crippen molar-refractivity contribution in [3.63, 3.8) is 0 Å². The summed E-state index contributed by atoms with van der Waals surface area (Å²) in [5.41, 5.74) is -1.95. The number of ether oxygens (including phenoxy) is 2. The smallest absolute Gasteiger partial charge is 0.313 e. The van der Waals surface area contributed by atoms with Crippen molar-refractivity contribution in [1.29, 1.82) is 0 Å². The maximum atomic E-state index is 14.2. The number of aliphatic hydroxyl groups excluding tert-OH is 1. The van der Waals surface area contributed by atoms with Gasteiger partial charge < -0.3 is 24.4 Å². The third kappa shape index (κ3) is 4.44. The second-order valence-corrected chi connectivity index (χ2v) is 10.0. The van der Waals surface area contributed by atoms with Crippen LogP contribution >= 0.6 is 0 Å². The highest BCUT2D eigenvalue weighted by Crippen LogP contribution is 2.64. The maximum absolute atomic E-state index is 14.2. The number of aliphatic hydroxyl groups is 1. The molecule has 2 bridgehead atoms. The Morgan fingerprint density at radius 2 is 2.00 bits per heavy atom. The molecule has 35 heavy (non-hydrogen) atoms. The Kier molecular flexibility index (Phi) is 8.81. The van der Waals surface area contributed by atoms with Crippen LogP contribution in [0, 0.1) is 11.8 Å². The number of unbranched alkanes of at least 4 members (excludes halogenated alkanes) is 2. The van der Waals surface area contributed by atoms with Crippen LogP contribution in [0.25, 0.3) is 0 Å². The molecule has 0 aliphatic carbocycles. The summed E-state index contributed by atoms with van der Waals surface area (Å²) < 4.78 is 12.2. The summed E-state index contributed by atoms with van der Waals surface area (Å²) in [6, 6.07) is -1.44. The molecule has 2 amide bonds. The van der Waals surface area contributed by atoms with E-state index in [9.17, 15) is 19.5 Å². The average Bonchev–Trinajstić information content (AvgIpc) is 3.46. The minimum atomic E-state index is -1.12. The van der Waals surface area contributed by atoms with E-state index in [2.05, 4.69) is 20.1 Å². The molecule has 3 rings (SSSR count). The normalized spacial score (nSPS) is 31.8. The van der Waals surface area contributed by atoms with E-state index in [-0.39, 0.29) is 25.0 Å². The second kappa shape index (κ2) is 11.2. The predicted molar refractivity (Wildman–Crippen MR) is 132 cm³/mol. The zero-order valence-corrected chi connectivity index (χ0v) is 21.5. The van der Waals surface area contributed by atoms with Crippen LogP contribution in [0.5, 0.6) is 0 Å². The predicted octanol–water partition coefficient (Wildman–Crippen LogP) is 2.85. The van der Waals surface area contributed by atoms with Gasteiger partial charge in [-0.05, 0) is 32.1 Å². The van der Waals surface area contributed by atoms with E-state index >= 15 is 0 Å². The van der Waals surface area contributed by atoms with Crippen molar-refractivity contribution >= 4 is 17.8 Å². The van der Waals surface area contributed by atoms with Gasteiger partial charge in [-0.25, -0.2) is 0 Å². The highest BCUT2D eigenvalue weighted by molar-refractivity contribution is 5.98. The molecule has 0 aromatic heterocycles. The molecule has 1 N–H and O–H groups in total. The van der Waals surface area contributed by atoms with Crippen LogP contribution in [0.3, 0.4) is 0 Å². The molecule has 8 heteroatoms. The standard InChI is InChI=1S/C27H42N2O6/c1-6-11-12-16-28(15-7-2)24(32)22-27-14-13-26(10-5,35-27)21(25(33)34-17-8-3)20(27)23(31)29(22)19(9-4)18-30/h7-8,19-22,30H,2-3,6,9-18H2,1,4-5H3/t19-,20-,21-,22?,26+,27?/m0/s1. The number of esters is 1. The van der Waals surface area contributed by atoms with Crippen LogP contribution in [0.2, 0.25) is 0 Å². The van der Waals surface area contributed by atoms with Gasteiger partial charge in [0.15, 0.2) is 0 Å². The molecule has 3 aliphatic heterocycles. The number of likely N-dealkylation sites (tertiary alicyclic amines) is 1. The number of hydrogen-bond acceptors (Lipinski definition) is 6. The quantitative estimate of drug-likeness (QED) is 0.229. The van der Waals surface area contributed by atoms with E-state index in [1.165, 1.54) is 11.0 Å². The van der Waals surface area contributed by atoms with E-state index in [4.69, 9.17) is 9.47 Å². The van der Waals surface area contributed by atoms with E-state index in [1.54, 1.807) is 11.0 Å². The zero-order chi connectivity index (χ0) is 25.8. The van der Waals surface area contributed by atoms with Gasteiger partial charge in [-0.3, -0.25) is 14.4 Å². The molecule has 0 aromatic carbocycles. The van der Waals surface area contributed by atoms with Gasteiger partial charge in [0.05, 0.1) is 24.2 Å². The summed E-state index contributed by atoms with van der Waals surface area (Å²) in [5, 5.41) is 10.2. The Balaban J connectivity index is 2.08. The molecule has 3 fully saturated rings. The van der Waals surface area contributed by atoms with Crippen LogP contribution in [0.4, 0.5) is 0 Å². The van der Waals surface area contributed by atoms with E-state index in [0.717, 1.165) is 19.3 Å². The zero-order valence-electron chi connectivity index (χ0n) is 21.5. The number of hydrogen-bond donors (Lipinski definition) is 1. The van der Waals surface area contributed by atoms with Crippen LogP contribution in [-0.4, -0.2) is 82.3 Å². The first-order chi connectivity index (χ1) is 16.8. The molecule has 3 heterocycles. The monoisotopic (exact) mass is 490 g/mol. The molecule has 8 nitrogen and oxygen atoms in total. The highest BCUT2D eigenvalue weighted by atomic mass is 16.6. The molecule has 0 saturated carbocycles. The van der Waals surface area contributed by atoms with Crippen molar-refractivity contribution in [1.82, 2.24) is 9.80 Å². The summed E-state index contributed by atoms with van der Waals surface area (Å²) >= 11 is 0. The summed E-state index contributed by atoms with van der Waals surface area (Å²) in [7, 11) is 0. The minimum Gasteiger partial charge on any atom is -0.461 e. The molecule has 196 valence electrons. The van der Waals surface area contributed by atoms with Gasteiger partial charge in [0.2, 0.25) is 11.8 Å². The Bertz CT molecular complexity index is 826. The third-order valence-electron chi connectivity index (χ3n) is 8.22. The van der Waals surface area contributed by atoms with Crippen molar-refractivity contribution in [3.8, 4) is 0 Å². The number of carbonyl (C=O) groups excluding carboxylic acids is 3. The molecular weight excluding hydrogens is 448 g/mol. The fourth-order valence-corrected chi connectivity index (χ4v) is 6.50. The summed E-state index contributed by atoms with van der Waals surface area (Å²) in [6.45, 7) is 14.1. The Hall–Kier alpha value is -2.19. The van der Waals surface area contributed by atoms with Gasteiger partial charge in [-0.1, -0.05) is 52.3 Å². The minimum absolute atomic E-state index is 0.0495. The number of carbonyl (C=O) groups is 3. The summed E-state index contributed by atoms with van der Waals surface area (Å²) in [5.74, 6) is -2.59. The van der Waals surface area contributed by atoms with Crippen molar-refractivity contribution in [2.24, 2.45) is 11.8 Å². The number of amides is 2. The SMILES string of the molecule is C=CCOC(=O)[C@@H]1[C@H]2C(=O)N([C@@H](CC)CO)C(C(=O)N(CC=C)CCCCC)C23CC[C@@]1(CC)O3. The molecule has 3 aliphatic rings. The Labute approximate surface area is 209 Å².